The Balaban J connectivity index is 1.81. The molecule has 2 heterocycles. The third kappa shape index (κ3) is 4.35. The Morgan fingerprint density at radius 1 is 1.21 bits per heavy atom. The van der Waals surface area contributed by atoms with Crippen molar-refractivity contribution < 1.29 is 0 Å². The average Bonchev–Trinajstić information content (AvgIpc) is 2.97. The minimum absolute atomic E-state index is 0.560. The number of anilines is 2. The van der Waals surface area contributed by atoms with Crippen molar-refractivity contribution in [3.05, 3.63) is 12.4 Å². The molecule has 0 bridgehead atoms. The Labute approximate surface area is 115 Å². The summed E-state index contributed by atoms with van der Waals surface area (Å²) < 4.78 is 0. The standard InChI is InChI=1S/C14H25N5/c1-3-6-15-13-9-14(18-11-17-13)16-10-12(2)19-7-4-5-8-19/h9,11-12H,3-8,10H2,1-2H3,(H2,15,16,17,18). The minimum Gasteiger partial charge on any atom is -0.370 e. The highest BCUT2D eigenvalue weighted by atomic mass is 15.2. The van der Waals surface area contributed by atoms with Gasteiger partial charge in [0, 0.05) is 25.2 Å². The predicted molar refractivity (Wildman–Crippen MR) is 79.6 cm³/mol. The number of nitrogens with zero attached hydrogens (tertiary/aromatic N) is 3. The van der Waals surface area contributed by atoms with Gasteiger partial charge in [-0.15, -0.1) is 0 Å². The molecule has 2 rings (SSSR count). The van der Waals surface area contributed by atoms with Crippen LogP contribution in [0.4, 0.5) is 11.6 Å². The first-order valence-corrected chi connectivity index (χ1v) is 7.33. The third-order valence-electron chi connectivity index (χ3n) is 3.57. The maximum atomic E-state index is 4.27. The van der Waals surface area contributed by atoms with Crippen LogP contribution in [0.1, 0.15) is 33.1 Å². The summed E-state index contributed by atoms with van der Waals surface area (Å²) in [6, 6.07) is 2.54. The van der Waals surface area contributed by atoms with E-state index in [9.17, 15) is 0 Å². The van der Waals surface area contributed by atoms with Crippen molar-refractivity contribution in [3.63, 3.8) is 0 Å². The molecule has 1 fully saturated rings. The largest absolute Gasteiger partial charge is 0.370 e. The van der Waals surface area contributed by atoms with Crippen LogP contribution in [0.15, 0.2) is 12.4 Å². The van der Waals surface area contributed by atoms with Gasteiger partial charge in [0.1, 0.15) is 18.0 Å². The van der Waals surface area contributed by atoms with Gasteiger partial charge in [-0.1, -0.05) is 6.92 Å². The zero-order valence-corrected chi connectivity index (χ0v) is 12.0. The van der Waals surface area contributed by atoms with Gasteiger partial charge in [-0.25, -0.2) is 9.97 Å². The first-order valence-electron chi connectivity index (χ1n) is 7.33. The molecule has 5 heteroatoms. The van der Waals surface area contributed by atoms with Crippen molar-refractivity contribution >= 4 is 11.6 Å². The van der Waals surface area contributed by atoms with Crippen LogP contribution in [0.3, 0.4) is 0 Å². The topological polar surface area (TPSA) is 53.1 Å². The zero-order valence-electron chi connectivity index (χ0n) is 12.0. The quantitative estimate of drug-likeness (QED) is 0.790. The van der Waals surface area contributed by atoms with Gasteiger partial charge in [0.25, 0.3) is 0 Å². The highest BCUT2D eigenvalue weighted by molar-refractivity contribution is 5.46. The summed E-state index contributed by atoms with van der Waals surface area (Å²) in [6.07, 6.45) is 5.38. The van der Waals surface area contributed by atoms with Gasteiger partial charge >= 0.3 is 0 Å². The van der Waals surface area contributed by atoms with E-state index in [-0.39, 0.29) is 0 Å². The van der Waals surface area contributed by atoms with Gasteiger partial charge in [-0.3, -0.25) is 4.90 Å². The lowest BCUT2D eigenvalue weighted by Gasteiger charge is -2.24. The van der Waals surface area contributed by atoms with Gasteiger partial charge in [0.05, 0.1) is 0 Å². The summed E-state index contributed by atoms with van der Waals surface area (Å²) in [5.41, 5.74) is 0. The molecule has 1 atom stereocenters. The zero-order chi connectivity index (χ0) is 13.5. The maximum Gasteiger partial charge on any atom is 0.131 e. The molecule has 1 aliphatic rings. The summed E-state index contributed by atoms with van der Waals surface area (Å²) in [7, 11) is 0. The molecule has 5 nitrogen and oxygen atoms in total. The van der Waals surface area contributed by atoms with E-state index in [4.69, 9.17) is 0 Å². The first-order chi connectivity index (χ1) is 9.29. The molecule has 1 aromatic heterocycles. The van der Waals surface area contributed by atoms with Gasteiger partial charge < -0.3 is 10.6 Å². The summed E-state index contributed by atoms with van der Waals surface area (Å²) in [5.74, 6) is 1.80. The first kappa shape index (κ1) is 14.1. The van der Waals surface area contributed by atoms with Crippen LogP contribution in [0.25, 0.3) is 0 Å². The van der Waals surface area contributed by atoms with Crippen LogP contribution in [0.5, 0.6) is 0 Å². The van der Waals surface area contributed by atoms with E-state index in [0.29, 0.717) is 6.04 Å². The molecule has 0 amide bonds. The molecule has 1 aromatic rings. The lowest BCUT2D eigenvalue weighted by atomic mass is 10.3. The molecule has 0 spiro atoms. The van der Waals surface area contributed by atoms with Gasteiger partial charge in [-0.05, 0) is 39.3 Å². The fourth-order valence-electron chi connectivity index (χ4n) is 2.37. The van der Waals surface area contributed by atoms with E-state index in [2.05, 4.69) is 39.3 Å². The van der Waals surface area contributed by atoms with E-state index in [1.165, 1.54) is 25.9 Å². The van der Waals surface area contributed by atoms with Crippen molar-refractivity contribution in [2.75, 3.05) is 36.8 Å². The van der Waals surface area contributed by atoms with Gasteiger partial charge in [0.15, 0.2) is 0 Å². The van der Waals surface area contributed by atoms with Crippen molar-refractivity contribution in [1.82, 2.24) is 14.9 Å². The van der Waals surface area contributed by atoms with E-state index in [1.54, 1.807) is 6.33 Å². The van der Waals surface area contributed by atoms with Gasteiger partial charge in [-0.2, -0.15) is 0 Å². The molecule has 1 saturated heterocycles. The minimum atomic E-state index is 0.560. The maximum absolute atomic E-state index is 4.27. The predicted octanol–water partition coefficient (Wildman–Crippen LogP) is 2.19. The normalized spacial score (nSPS) is 17.4. The van der Waals surface area contributed by atoms with Gasteiger partial charge in [0.2, 0.25) is 0 Å². The number of nitrogens with one attached hydrogen (secondary N) is 2. The molecule has 0 aromatic carbocycles. The van der Waals surface area contributed by atoms with Crippen LogP contribution in [-0.2, 0) is 0 Å². The fraction of sp³-hybridized carbons (Fsp3) is 0.714. The fourth-order valence-corrected chi connectivity index (χ4v) is 2.37. The molecular formula is C14H25N5. The highest BCUT2D eigenvalue weighted by Gasteiger charge is 2.17. The molecule has 19 heavy (non-hydrogen) atoms. The van der Waals surface area contributed by atoms with E-state index >= 15 is 0 Å². The smallest absolute Gasteiger partial charge is 0.131 e. The molecule has 106 valence electrons. The Morgan fingerprint density at radius 3 is 2.58 bits per heavy atom. The Bertz CT molecular complexity index is 376. The van der Waals surface area contributed by atoms with Crippen LogP contribution in [-0.4, -0.2) is 47.1 Å². The molecule has 0 radical (unpaired) electrons. The van der Waals surface area contributed by atoms with Crippen molar-refractivity contribution in [2.24, 2.45) is 0 Å². The van der Waals surface area contributed by atoms with E-state index < -0.39 is 0 Å². The monoisotopic (exact) mass is 263 g/mol. The van der Waals surface area contributed by atoms with E-state index in [0.717, 1.165) is 31.1 Å². The number of aromatic nitrogens is 2. The lowest BCUT2D eigenvalue weighted by molar-refractivity contribution is 0.269. The number of hydrogen-bond acceptors (Lipinski definition) is 5. The van der Waals surface area contributed by atoms with E-state index in [1.807, 2.05) is 6.07 Å². The summed E-state index contributed by atoms with van der Waals surface area (Å²) >= 11 is 0. The highest BCUT2D eigenvalue weighted by Crippen LogP contribution is 2.13. The number of hydrogen-bond donors (Lipinski definition) is 2. The van der Waals surface area contributed by atoms with Crippen molar-refractivity contribution in [2.45, 2.75) is 39.2 Å². The van der Waals surface area contributed by atoms with Crippen LogP contribution < -0.4 is 10.6 Å². The second-order valence-corrected chi connectivity index (χ2v) is 5.19. The molecule has 2 N–H and O–H groups in total. The Hall–Kier alpha value is -1.36. The molecule has 1 unspecified atom stereocenters. The third-order valence-corrected chi connectivity index (χ3v) is 3.57. The number of rotatable bonds is 7. The summed E-state index contributed by atoms with van der Waals surface area (Å²) in [6.45, 7) is 8.76. The molecular weight excluding hydrogens is 238 g/mol. The van der Waals surface area contributed by atoms with Crippen LogP contribution in [0, 0.1) is 0 Å². The lowest BCUT2D eigenvalue weighted by Crippen LogP contribution is -2.35. The molecule has 0 saturated carbocycles. The SMILES string of the molecule is CCCNc1cc(NCC(C)N2CCCC2)ncn1. The second-order valence-electron chi connectivity index (χ2n) is 5.19. The Kier molecular flexibility index (Phi) is 5.39. The second kappa shape index (κ2) is 7.28. The van der Waals surface area contributed by atoms with Crippen molar-refractivity contribution in [1.29, 1.82) is 0 Å². The van der Waals surface area contributed by atoms with Crippen LogP contribution >= 0.6 is 0 Å². The average molecular weight is 263 g/mol. The number of likely N-dealkylation sites (tertiary alicyclic amines) is 1. The molecule has 0 aliphatic carbocycles. The summed E-state index contributed by atoms with van der Waals surface area (Å²) in [4.78, 5) is 11.0. The summed E-state index contributed by atoms with van der Waals surface area (Å²) in [5, 5.41) is 6.68. The Morgan fingerprint density at radius 2 is 1.89 bits per heavy atom. The molecule has 1 aliphatic heterocycles. The van der Waals surface area contributed by atoms with Crippen LogP contribution in [0.2, 0.25) is 0 Å². The van der Waals surface area contributed by atoms with Crippen molar-refractivity contribution in [3.8, 4) is 0 Å².